The van der Waals surface area contributed by atoms with Crippen LogP contribution in [0.15, 0.2) is 0 Å². The average molecular weight is 252 g/mol. The van der Waals surface area contributed by atoms with Crippen LogP contribution in [-0.2, 0) is 4.79 Å². The molecule has 104 valence electrons. The van der Waals surface area contributed by atoms with Crippen molar-refractivity contribution < 1.29 is 4.79 Å². The number of carbonyl (C=O) groups excluding carboxylic acids is 1. The van der Waals surface area contributed by atoms with Gasteiger partial charge in [0.05, 0.1) is 6.04 Å². The van der Waals surface area contributed by atoms with Crippen molar-refractivity contribution >= 4 is 5.91 Å². The maximum Gasteiger partial charge on any atom is 0.237 e. The molecule has 3 heteroatoms. The first-order valence-corrected chi connectivity index (χ1v) is 7.68. The Morgan fingerprint density at radius 1 is 1.17 bits per heavy atom. The molecule has 0 aromatic rings. The molecule has 0 bridgehead atoms. The minimum atomic E-state index is 0.0522. The van der Waals surface area contributed by atoms with Gasteiger partial charge < -0.3 is 10.6 Å². The first-order valence-electron chi connectivity index (χ1n) is 7.68. The molecular formula is C15H28N2O. The highest BCUT2D eigenvalue weighted by Crippen LogP contribution is 2.29. The van der Waals surface area contributed by atoms with Gasteiger partial charge in [-0.25, -0.2) is 0 Å². The van der Waals surface area contributed by atoms with Crippen molar-refractivity contribution in [2.45, 2.75) is 58.4 Å². The fraction of sp³-hybridized carbons (Fsp3) is 0.933. The quantitative estimate of drug-likeness (QED) is 0.806. The summed E-state index contributed by atoms with van der Waals surface area (Å²) < 4.78 is 0. The van der Waals surface area contributed by atoms with Crippen molar-refractivity contribution in [3.05, 3.63) is 0 Å². The van der Waals surface area contributed by atoms with E-state index in [2.05, 4.69) is 24.5 Å². The molecule has 0 radical (unpaired) electrons. The lowest BCUT2D eigenvalue weighted by molar-refractivity contribution is -0.123. The summed E-state index contributed by atoms with van der Waals surface area (Å²) in [6.07, 6.45) is 7.75. The van der Waals surface area contributed by atoms with Gasteiger partial charge in [0.25, 0.3) is 0 Å². The lowest BCUT2D eigenvalue weighted by Gasteiger charge is -2.26. The summed E-state index contributed by atoms with van der Waals surface area (Å²) in [5.74, 6) is 2.46. The summed E-state index contributed by atoms with van der Waals surface area (Å²) in [6.45, 7) is 6.36. The lowest BCUT2D eigenvalue weighted by Crippen LogP contribution is -2.43. The van der Waals surface area contributed by atoms with Crippen molar-refractivity contribution in [3.8, 4) is 0 Å². The van der Waals surface area contributed by atoms with Gasteiger partial charge in [0, 0.05) is 6.54 Å². The van der Waals surface area contributed by atoms with Gasteiger partial charge in [0.2, 0.25) is 5.91 Å². The normalized spacial score (nSPS) is 36.6. The SMILES string of the molecule is CC1CCC(CCNC(=O)C2NCCC2C)CC1. The Bertz CT molecular complexity index is 272. The van der Waals surface area contributed by atoms with Crippen LogP contribution in [0.4, 0.5) is 0 Å². The van der Waals surface area contributed by atoms with Crippen LogP contribution in [0.5, 0.6) is 0 Å². The second kappa shape index (κ2) is 6.55. The zero-order chi connectivity index (χ0) is 13.0. The Balaban J connectivity index is 1.61. The Labute approximate surface area is 111 Å². The van der Waals surface area contributed by atoms with Crippen LogP contribution >= 0.6 is 0 Å². The number of hydrogen-bond acceptors (Lipinski definition) is 2. The number of carbonyl (C=O) groups is 1. The van der Waals surface area contributed by atoms with Gasteiger partial charge in [-0.05, 0) is 37.1 Å². The predicted octanol–water partition coefficient (Wildman–Crippen LogP) is 2.32. The van der Waals surface area contributed by atoms with E-state index in [4.69, 9.17) is 0 Å². The van der Waals surface area contributed by atoms with Crippen LogP contribution in [-0.4, -0.2) is 25.0 Å². The third kappa shape index (κ3) is 3.71. The number of nitrogens with one attached hydrogen (secondary N) is 2. The molecule has 18 heavy (non-hydrogen) atoms. The maximum atomic E-state index is 12.0. The number of rotatable bonds is 4. The molecule has 3 nitrogen and oxygen atoms in total. The molecule has 1 heterocycles. The Morgan fingerprint density at radius 2 is 1.89 bits per heavy atom. The zero-order valence-electron chi connectivity index (χ0n) is 11.9. The van der Waals surface area contributed by atoms with Crippen LogP contribution in [0.25, 0.3) is 0 Å². The highest BCUT2D eigenvalue weighted by Gasteiger charge is 2.29. The molecule has 2 atom stereocenters. The Morgan fingerprint density at radius 3 is 2.50 bits per heavy atom. The van der Waals surface area contributed by atoms with E-state index >= 15 is 0 Å². The highest BCUT2D eigenvalue weighted by atomic mass is 16.2. The van der Waals surface area contributed by atoms with Crippen molar-refractivity contribution in [3.63, 3.8) is 0 Å². The summed E-state index contributed by atoms with van der Waals surface area (Å²) in [5.41, 5.74) is 0. The van der Waals surface area contributed by atoms with E-state index < -0.39 is 0 Å². The molecule has 1 amide bonds. The molecule has 2 fully saturated rings. The molecule has 1 saturated heterocycles. The van der Waals surface area contributed by atoms with Gasteiger partial charge in [0.1, 0.15) is 0 Å². The van der Waals surface area contributed by atoms with Crippen molar-refractivity contribution in [1.29, 1.82) is 0 Å². The van der Waals surface area contributed by atoms with E-state index in [1.807, 2.05) is 0 Å². The highest BCUT2D eigenvalue weighted by molar-refractivity contribution is 5.82. The van der Waals surface area contributed by atoms with Gasteiger partial charge in [-0.15, -0.1) is 0 Å². The molecule has 0 aromatic heterocycles. The van der Waals surface area contributed by atoms with Crippen LogP contribution in [0.1, 0.15) is 52.4 Å². The van der Waals surface area contributed by atoms with Crippen molar-refractivity contribution in [1.82, 2.24) is 10.6 Å². The Hall–Kier alpha value is -0.570. The molecule has 2 rings (SSSR count). The summed E-state index contributed by atoms with van der Waals surface area (Å²) >= 11 is 0. The van der Waals surface area contributed by atoms with E-state index in [-0.39, 0.29) is 11.9 Å². The molecule has 0 spiro atoms. The number of hydrogen-bond donors (Lipinski definition) is 2. The monoisotopic (exact) mass is 252 g/mol. The second-order valence-electron chi connectivity index (χ2n) is 6.40. The minimum absolute atomic E-state index is 0.0522. The molecule has 0 aromatic carbocycles. The molecule has 2 N–H and O–H groups in total. The van der Waals surface area contributed by atoms with E-state index in [1.54, 1.807) is 0 Å². The smallest absolute Gasteiger partial charge is 0.237 e. The predicted molar refractivity (Wildman–Crippen MR) is 74.3 cm³/mol. The molecule has 1 aliphatic carbocycles. The molecular weight excluding hydrogens is 224 g/mol. The number of amides is 1. The molecule has 2 unspecified atom stereocenters. The van der Waals surface area contributed by atoms with Crippen LogP contribution < -0.4 is 10.6 Å². The van der Waals surface area contributed by atoms with Crippen molar-refractivity contribution in [2.24, 2.45) is 17.8 Å². The van der Waals surface area contributed by atoms with Crippen molar-refractivity contribution in [2.75, 3.05) is 13.1 Å². The van der Waals surface area contributed by atoms with Gasteiger partial charge in [-0.2, -0.15) is 0 Å². The van der Waals surface area contributed by atoms with Gasteiger partial charge >= 0.3 is 0 Å². The molecule has 2 aliphatic rings. The largest absolute Gasteiger partial charge is 0.355 e. The summed E-state index contributed by atoms with van der Waals surface area (Å²) in [5, 5.41) is 6.40. The first kappa shape index (κ1) is 13.9. The van der Waals surface area contributed by atoms with E-state index in [0.29, 0.717) is 5.92 Å². The lowest BCUT2D eigenvalue weighted by atomic mass is 9.81. The van der Waals surface area contributed by atoms with Crippen LogP contribution in [0.2, 0.25) is 0 Å². The third-order valence-electron chi connectivity index (χ3n) is 4.80. The van der Waals surface area contributed by atoms with E-state index in [0.717, 1.165) is 31.3 Å². The third-order valence-corrected chi connectivity index (χ3v) is 4.80. The first-order chi connectivity index (χ1) is 8.66. The van der Waals surface area contributed by atoms with Crippen LogP contribution in [0.3, 0.4) is 0 Å². The minimum Gasteiger partial charge on any atom is -0.355 e. The Kier molecular flexibility index (Phi) is 5.04. The molecule has 1 aliphatic heterocycles. The van der Waals surface area contributed by atoms with Gasteiger partial charge in [0.15, 0.2) is 0 Å². The van der Waals surface area contributed by atoms with E-state index in [1.165, 1.54) is 32.1 Å². The standard InChI is InChI=1S/C15H28N2O/c1-11-3-5-13(6-4-11)8-10-17-15(18)14-12(2)7-9-16-14/h11-14,16H,3-10H2,1-2H3,(H,17,18). The topological polar surface area (TPSA) is 41.1 Å². The second-order valence-corrected chi connectivity index (χ2v) is 6.40. The van der Waals surface area contributed by atoms with Gasteiger partial charge in [-0.3, -0.25) is 4.79 Å². The summed E-state index contributed by atoms with van der Waals surface area (Å²) in [6, 6.07) is 0.0522. The summed E-state index contributed by atoms with van der Waals surface area (Å²) in [4.78, 5) is 12.0. The van der Waals surface area contributed by atoms with Gasteiger partial charge in [-0.1, -0.05) is 39.5 Å². The average Bonchev–Trinajstić information content (AvgIpc) is 2.78. The fourth-order valence-electron chi connectivity index (χ4n) is 3.31. The maximum absolute atomic E-state index is 12.0. The van der Waals surface area contributed by atoms with E-state index in [9.17, 15) is 4.79 Å². The molecule has 1 saturated carbocycles. The zero-order valence-corrected chi connectivity index (χ0v) is 11.9. The fourth-order valence-corrected chi connectivity index (χ4v) is 3.31. The summed E-state index contributed by atoms with van der Waals surface area (Å²) in [7, 11) is 0. The van der Waals surface area contributed by atoms with Crippen LogP contribution in [0, 0.1) is 17.8 Å².